The Morgan fingerprint density at radius 2 is 1.50 bits per heavy atom. The summed E-state index contributed by atoms with van der Waals surface area (Å²) in [6, 6.07) is 14.7. The Morgan fingerprint density at radius 3 is 2.11 bits per heavy atom. The third-order valence-corrected chi connectivity index (χ3v) is 12.2. The molecule has 0 N–H and O–H groups in total. The van der Waals surface area contributed by atoms with E-state index in [2.05, 4.69) is 27.7 Å². The molecule has 0 amide bonds. The van der Waals surface area contributed by atoms with Gasteiger partial charge in [0, 0.05) is 5.39 Å². The molecule has 7 rings (SSSR count). The van der Waals surface area contributed by atoms with Crippen molar-refractivity contribution in [3.05, 3.63) is 64.1 Å². The second-order valence-electron chi connectivity index (χ2n) is 15.1. The summed E-state index contributed by atoms with van der Waals surface area (Å²) in [5, 5.41) is 0.863. The second kappa shape index (κ2) is 9.66. The topological polar surface area (TPSA) is 32.6 Å². The van der Waals surface area contributed by atoms with E-state index in [1.165, 1.54) is 6.07 Å². The molecule has 1 atom stereocenters. The highest BCUT2D eigenvalue weighted by molar-refractivity contribution is 7.12. The van der Waals surface area contributed by atoms with E-state index in [9.17, 15) is 8.78 Å². The van der Waals surface area contributed by atoms with Crippen LogP contribution in [-0.4, -0.2) is 29.6 Å². The van der Waals surface area contributed by atoms with Crippen LogP contribution in [0.2, 0.25) is 12.6 Å². The number of hydrogen-bond acceptors (Lipinski definition) is 4. The van der Waals surface area contributed by atoms with Crippen molar-refractivity contribution in [1.29, 1.82) is 0 Å². The predicted octanol–water partition coefficient (Wildman–Crippen LogP) is 8.45. The minimum absolute atomic E-state index is 0.0224. The number of ether oxygens (including phenoxy) is 1. The zero-order valence-corrected chi connectivity index (χ0v) is 27.4. The van der Waals surface area contributed by atoms with Crippen molar-refractivity contribution in [3.63, 3.8) is 0 Å². The molecule has 4 nitrogen and oxygen atoms in total. The van der Waals surface area contributed by atoms with E-state index >= 15 is 4.39 Å². The summed E-state index contributed by atoms with van der Waals surface area (Å²) < 4.78 is 64.8. The summed E-state index contributed by atoms with van der Waals surface area (Å²) in [5.41, 5.74) is 2.87. The second-order valence-corrected chi connectivity index (χ2v) is 16.2. The van der Waals surface area contributed by atoms with E-state index in [0.717, 1.165) is 45.8 Å². The Kier molecular flexibility index (Phi) is 6.59. The van der Waals surface area contributed by atoms with Gasteiger partial charge in [-0.25, -0.2) is 13.2 Å². The first-order chi connectivity index (χ1) is 20.5. The quantitative estimate of drug-likeness (QED) is 0.215. The van der Waals surface area contributed by atoms with Gasteiger partial charge >= 0.3 is 7.12 Å². The SMILES string of the molecule is CC1(C)CB(c2cc(F)c3c(c2)OC(c2ccc(C(F)F)s2)n2c-3cc3cc(B4OC(C)(C)C(C)(C)O4)ccc32)CC1(C)C. The van der Waals surface area contributed by atoms with Crippen LogP contribution >= 0.6 is 11.3 Å². The molecule has 0 radical (unpaired) electrons. The molecule has 0 spiro atoms. The lowest BCUT2D eigenvalue weighted by atomic mass is 9.42. The minimum atomic E-state index is -2.58. The van der Waals surface area contributed by atoms with E-state index < -0.39 is 31.0 Å². The Morgan fingerprint density at radius 1 is 0.841 bits per heavy atom. The Bertz CT molecular complexity index is 1760. The molecule has 3 aliphatic heterocycles. The van der Waals surface area contributed by atoms with Crippen molar-refractivity contribution in [2.45, 2.75) is 91.9 Å². The first-order valence-electron chi connectivity index (χ1n) is 15.4. The molecule has 3 aliphatic rings. The van der Waals surface area contributed by atoms with Gasteiger partial charge in [-0.3, -0.25) is 4.57 Å². The van der Waals surface area contributed by atoms with Gasteiger partial charge in [-0.05, 0) is 80.4 Å². The van der Waals surface area contributed by atoms with Gasteiger partial charge < -0.3 is 14.0 Å². The molecule has 44 heavy (non-hydrogen) atoms. The molecule has 4 aromatic rings. The van der Waals surface area contributed by atoms with Crippen molar-refractivity contribution in [1.82, 2.24) is 4.57 Å². The maximum atomic E-state index is 16.3. The van der Waals surface area contributed by atoms with Crippen LogP contribution in [0.4, 0.5) is 13.2 Å². The molecule has 0 saturated carbocycles. The zero-order valence-electron chi connectivity index (χ0n) is 26.6. The Hall–Kier alpha value is -2.68. The highest BCUT2D eigenvalue weighted by Crippen LogP contribution is 2.53. The number of rotatable bonds is 4. The van der Waals surface area contributed by atoms with E-state index in [1.54, 1.807) is 12.1 Å². The van der Waals surface area contributed by atoms with Gasteiger partial charge in [0.25, 0.3) is 6.43 Å². The average Bonchev–Trinajstić information content (AvgIpc) is 3.65. The number of hydrogen-bond donors (Lipinski definition) is 0. The highest BCUT2D eigenvalue weighted by Gasteiger charge is 2.52. The minimum Gasteiger partial charge on any atom is -0.464 e. The van der Waals surface area contributed by atoms with Gasteiger partial charge in [-0.2, -0.15) is 0 Å². The summed E-state index contributed by atoms with van der Waals surface area (Å²) >= 11 is 1.02. The smallest absolute Gasteiger partial charge is 0.464 e. The van der Waals surface area contributed by atoms with E-state index in [4.69, 9.17) is 14.0 Å². The van der Waals surface area contributed by atoms with Crippen molar-refractivity contribution in [2.24, 2.45) is 10.8 Å². The number of fused-ring (bicyclic) bond motifs is 5. The largest absolute Gasteiger partial charge is 0.494 e. The lowest BCUT2D eigenvalue weighted by Crippen LogP contribution is -2.41. The van der Waals surface area contributed by atoms with Crippen LogP contribution in [0.5, 0.6) is 5.75 Å². The summed E-state index contributed by atoms with van der Waals surface area (Å²) in [5.74, 6) is 0.106. The molecule has 2 saturated heterocycles. The molecule has 230 valence electrons. The van der Waals surface area contributed by atoms with Crippen molar-refractivity contribution < 1.29 is 27.2 Å². The van der Waals surface area contributed by atoms with Crippen molar-refractivity contribution in [3.8, 4) is 17.0 Å². The molecule has 2 aromatic carbocycles. The maximum absolute atomic E-state index is 16.3. The number of benzene rings is 2. The lowest BCUT2D eigenvalue weighted by molar-refractivity contribution is 0.00578. The van der Waals surface area contributed by atoms with Crippen LogP contribution in [0.3, 0.4) is 0 Å². The van der Waals surface area contributed by atoms with E-state index in [0.29, 0.717) is 21.9 Å². The standard InChI is InChI=1S/C34H38B2F3NO3S/c1-31(2)17-35(18-32(31,3)4)21-15-22(37)28-24-14-19-13-20(36-42-33(5,6)34(7,8)43-36)9-10-23(19)40(24)30(41-25(28)16-21)27-12-11-26(44-27)29(38)39/h9-16,29-30H,17-18H2,1-8H3. The number of aromatic nitrogens is 1. The normalized spacial score (nSPS) is 22.9. The van der Waals surface area contributed by atoms with E-state index in [-0.39, 0.29) is 28.2 Å². The lowest BCUT2D eigenvalue weighted by Gasteiger charge is -2.35. The van der Waals surface area contributed by atoms with Crippen LogP contribution in [-0.2, 0) is 9.31 Å². The fourth-order valence-electron chi connectivity index (χ4n) is 7.07. The van der Waals surface area contributed by atoms with Gasteiger partial charge in [0.2, 0.25) is 6.23 Å². The summed E-state index contributed by atoms with van der Waals surface area (Å²) in [6.45, 7) is 17.4. The molecular weight excluding hydrogens is 581 g/mol. The molecule has 1 unspecified atom stereocenters. The number of thiophene rings is 1. The highest BCUT2D eigenvalue weighted by atomic mass is 32.1. The first-order valence-corrected chi connectivity index (χ1v) is 16.2. The van der Waals surface area contributed by atoms with Crippen molar-refractivity contribution in [2.75, 3.05) is 0 Å². The Balaban J connectivity index is 1.36. The molecule has 2 fully saturated rings. The molecule has 10 heteroatoms. The van der Waals surface area contributed by atoms with Crippen LogP contribution in [0.25, 0.3) is 22.2 Å². The zero-order chi connectivity index (χ0) is 31.6. The molecule has 0 aliphatic carbocycles. The summed E-state index contributed by atoms with van der Waals surface area (Å²) in [7, 11) is -0.550. The first kappa shape index (κ1) is 30.0. The van der Waals surface area contributed by atoms with Crippen LogP contribution in [0.1, 0.15) is 77.8 Å². The monoisotopic (exact) mass is 619 g/mol. The van der Waals surface area contributed by atoms with Crippen molar-refractivity contribution >= 4 is 47.0 Å². The predicted molar refractivity (Wildman–Crippen MR) is 174 cm³/mol. The third kappa shape index (κ3) is 4.50. The molecule has 0 bridgehead atoms. The molecule has 5 heterocycles. The van der Waals surface area contributed by atoms with Gasteiger partial charge in [0.1, 0.15) is 11.6 Å². The van der Waals surface area contributed by atoms with E-state index in [1.807, 2.05) is 62.6 Å². The number of alkyl halides is 2. The van der Waals surface area contributed by atoms with Crippen LogP contribution in [0.15, 0.2) is 48.5 Å². The van der Waals surface area contributed by atoms with Gasteiger partial charge in [-0.1, -0.05) is 57.9 Å². The summed E-state index contributed by atoms with van der Waals surface area (Å²) in [4.78, 5) is 0.611. The van der Waals surface area contributed by atoms with Gasteiger partial charge in [-0.15, -0.1) is 11.3 Å². The third-order valence-electron chi connectivity index (χ3n) is 11.1. The van der Waals surface area contributed by atoms with Gasteiger partial charge in [0.15, 0.2) is 6.71 Å². The fourth-order valence-corrected chi connectivity index (χ4v) is 7.96. The maximum Gasteiger partial charge on any atom is 0.494 e. The fraction of sp³-hybridized carbons (Fsp3) is 0.471. The van der Waals surface area contributed by atoms with Crippen LogP contribution < -0.4 is 15.7 Å². The van der Waals surface area contributed by atoms with Crippen LogP contribution in [0, 0.1) is 16.6 Å². The molecular formula is C34H38B2F3NO3S. The Labute approximate surface area is 262 Å². The number of halogens is 3. The molecule has 2 aromatic heterocycles. The number of nitrogens with zero attached hydrogens (tertiary/aromatic N) is 1. The summed E-state index contributed by atoms with van der Waals surface area (Å²) in [6.07, 6.45) is -1.40. The average molecular weight is 619 g/mol. The van der Waals surface area contributed by atoms with Gasteiger partial charge in [0.05, 0.1) is 37.7 Å².